The summed E-state index contributed by atoms with van der Waals surface area (Å²) in [4.78, 5) is 39.1. The minimum absolute atomic E-state index is 0.0175. The molecule has 0 bridgehead atoms. The van der Waals surface area contributed by atoms with Gasteiger partial charge in [-0.2, -0.15) is 0 Å². The fourth-order valence-electron chi connectivity index (χ4n) is 3.87. The lowest BCUT2D eigenvalue weighted by Crippen LogP contribution is -2.46. The van der Waals surface area contributed by atoms with Crippen LogP contribution in [0.4, 0.5) is 5.69 Å². The molecule has 2 aliphatic rings. The summed E-state index contributed by atoms with van der Waals surface area (Å²) in [6, 6.07) is 12.5. The van der Waals surface area contributed by atoms with Gasteiger partial charge in [0.1, 0.15) is 18.0 Å². The number of Topliss-reactive ketones (excluding diaryl/α,β-unsaturated/α-hetero) is 1. The highest BCUT2D eigenvalue weighted by molar-refractivity contribution is 6.04. The van der Waals surface area contributed by atoms with Crippen LogP contribution in [0.25, 0.3) is 0 Å². The number of amides is 2. The number of hydrogen-bond acceptors (Lipinski definition) is 6. The van der Waals surface area contributed by atoms with Crippen LogP contribution in [-0.4, -0.2) is 56.6 Å². The van der Waals surface area contributed by atoms with Crippen molar-refractivity contribution in [2.24, 2.45) is 0 Å². The number of nitrogens with zero attached hydrogens (tertiary/aromatic N) is 1. The Labute approximate surface area is 192 Å². The Bertz CT molecular complexity index is 1030. The molecule has 2 aliphatic heterocycles. The van der Waals surface area contributed by atoms with Gasteiger partial charge in [0.15, 0.2) is 19.0 Å². The number of aryl methyl sites for hydroxylation is 1. The molecule has 2 amide bonds. The molecule has 2 heterocycles. The van der Waals surface area contributed by atoms with Gasteiger partial charge in [-0.15, -0.1) is 0 Å². The van der Waals surface area contributed by atoms with Crippen LogP contribution in [0, 0.1) is 0 Å². The topological polar surface area (TPSA) is 94.2 Å². The van der Waals surface area contributed by atoms with Crippen LogP contribution in [-0.2, 0) is 20.7 Å². The molecule has 1 saturated heterocycles. The first-order chi connectivity index (χ1) is 16.0. The van der Waals surface area contributed by atoms with Crippen molar-refractivity contribution in [3.63, 3.8) is 0 Å². The Morgan fingerprint density at radius 2 is 2.09 bits per heavy atom. The van der Waals surface area contributed by atoms with E-state index in [-0.39, 0.29) is 43.5 Å². The second kappa shape index (κ2) is 10.5. The number of hydrogen-bond donors (Lipinski definition) is 1. The molecule has 0 radical (unpaired) electrons. The molecule has 174 valence electrons. The van der Waals surface area contributed by atoms with Crippen LogP contribution in [0.5, 0.6) is 11.5 Å². The van der Waals surface area contributed by atoms with Crippen molar-refractivity contribution in [3.05, 3.63) is 53.6 Å². The molecule has 0 aliphatic carbocycles. The number of nitrogens with one attached hydrogen (secondary N) is 1. The van der Waals surface area contributed by atoms with Gasteiger partial charge in [-0.1, -0.05) is 19.1 Å². The van der Waals surface area contributed by atoms with Crippen molar-refractivity contribution in [1.82, 2.24) is 5.32 Å². The van der Waals surface area contributed by atoms with Crippen molar-refractivity contribution in [3.8, 4) is 11.5 Å². The summed E-state index contributed by atoms with van der Waals surface area (Å²) in [6.07, 6.45) is 2.79. The lowest BCUT2D eigenvalue weighted by Gasteiger charge is -2.29. The minimum atomic E-state index is -0.341. The summed E-state index contributed by atoms with van der Waals surface area (Å²) in [5.74, 6) is 0.216. The third-order valence-electron chi connectivity index (χ3n) is 5.75. The van der Waals surface area contributed by atoms with Gasteiger partial charge in [0.05, 0.1) is 11.8 Å². The number of benzene rings is 2. The van der Waals surface area contributed by atoms with Gasteiger partial charge < -0.3 is 19.5 Å². The molecule has 0 spiro atoms. The monoisotopic (exact) mass is 452 g/mol. The summed E-state index contributed by atoms with van der Waals surface area (Å²) in [5, 5.41) is 2.82. The maximum Gasteiger partial charge on any atom is 0.265 e. The van der Waals surface area contributed by atoms with Crippen molar-refractivity contribution in [2.45, 2.75) is 32.3 Å². The molecule has 8 heteroatoms. The van der Waals surface area contributed by atoms with Gasteiger partial charge in [0.2, 0.25) is 5.91 Å². The molecule has 1 atom stereocenters. The molecule has 1 fully saturated rings. The summed E-state index contributed by atoms with van der Waals surface area (Å²) < 4.78 is 16.7. The van der Waals surface area contributed by atoms with E-state index in [1.165, 1.54) is 4.90 Å². The number of ether oxygens (including phenoxy) is 3. The second-order valence-corrected chi connectivity index (χ2v) is 8.10. The van der Waals surface area contributed by atoms with E-state index in [2.05, 4.69) is 12.2 Å². The van der Waals surface area contributed by atoms with Gasteiger partial charge in [-0.05, 0) is 55.2 Å². The maximum absolute atomic E-state index is 12.8. The van der Waals surface area contributed by atoms with E-state index in [0.717, 1.165) is 24.8 Å². The van der Waals surface area contributed by atoms with Crippen LogP contribution < -0.4 is 19.7 Å². The zero-order chi connectivity index (χ0) is 23.2. The van der Waals surface area contributed by atoms with Crippen LogP contribution in [0.15, 0.2) is 42.5 Å². The van der Waals surface area contributed by atoms with Gasteiger partial charge in [-0.3, -0.25) is 19.3 Å². The average molecular weight is 453 g/mol. The van der Waals surface area contributed by atoms with Crippen molar-refractivity contribution >= 4 is 23.3 Å². The first-order valence-corrected chi connectivity index (χ1v) is 11.2. The Kier molecular flexibility index (Phi) is 7.24. The zero-order valence-electron chi connectivity index (χ0n) is 18.7. The Morgan fingerprint density at radius 3 is 2.88 bits per heavy atom. The van der Waals surface area contributed by atoms with E-state index in [1.54, 1.807) is 18.2 Å². The Hall–Kier alpha value is -3.39. The Balaban J connectivity index is 1.42. The van der Waals surface area contributed by atoms with Crippen molar-refractivity contribution < 1.29 is 28.6 Å². The fourth-order valence-corrected chi connectivity index (χ4v) is 3.87. The van der Waals surface area contributed by atoms with E-state index in [0.29, 0.717) is 35.9 Å². The summed E-state index contributed by atoms with van der Waals surface area (Å²) in [5.41, 5.74) is 1.90. The number of fused-ring (bicyclic) bond motifs is 1. The van der Waals surface area contributed by atoms with Crippen molar-refractivity contribution in [1.29, 1.82) is 0 Å². The fraction of sp³-hybridized carbons (Fsp3) is 0.400. The lowest BCUT2D eigenvalue weighted by molar-refractivity contribution is -0.125. The average Bonchev–Trinajstić information content (AvgIpc) is 3.36. The van der Waals surface area contributed by atoms with E-state index in [4.69, 9.17) is 14.2 Å². The maximum atomic E-state index is 12.8. The van der Waals surface area contributed by atoms with Crippen LogP contribution >= 0.6 is 0 Å². The molecule has 2 aromatic carbocycles. The number of ketones is 1. The lowest BCUT2D eigenvalue weighted by atomic mass is 10.1. The van der Waals surface area contributed by atoms with E-state index in [9.17, 15) is 14.4 Å². The molecule has 0 aromatic heterocycles. The van der Waals surface area contributed by atoms with Gasteiger partial charge in [0, 0.05) is 18.7 Å². The van der Waals surface area contributed by atoms with E-state index < -0.39 is 0 Å². The van der Waals surface area contributed by atoms with Crippen LogP contribution in [0.1, 0.15) is 35.7 Å². The molecule has 33 heavy (non-hydrogen) atoms. The van der Waals surface area contributed by atoms with E-state index >= 15 is 0 Å². The summed E-state index contributed by atoms with van der Waals surface area (Å²) >= 11 is 0. The minimum Gasteiger partial charge on any atom is -0.485 e. The number of rotatable bonds is 9. The van der Waals surface area contributed by atoms with Crippen LogP contribution in [0.3, 0.4) is 0 Å². The predicted octanol–water partition coefficient (Wildman–Crippen LogP) is 2.53. The highest BCUT2D eigenvalue weighted by Gasteiger charge is 2.28. The summed E-state index contributed by atoms with van der Waals surface area (Å²) in [6.45, 7) is 2.73. The molecule has 1 N–H and O–H groups in total. The third kappa shape index (κ3) is 5.70. The van der Waals surface area contributed by atoms with Gasteiger partial charge in [-0.25, -0.2) is 0 Å². The zero-order valence-corrected chi connectivity index (χ0v) is 18.7. The van der Waals surface area contributed by atoms with Gasteiger partial charge in [0.25, 0.3) is 5.91 Å². The number of anilines is 1. The molecular weight excluding hydrogens is 424 g/mol. The molecule has 8 nitrogen and oxygen atoms in total. The third-order valence-corrected chi connectivity index (χ3v) is 5.75. The molecule has 4 rings (SSSR count). The first-order valence-electron chi connectivity index (χ1n) is 11.2. The first kappa shape index (κ1) is 22.8. The number of carbonyl (C=O) groups excluding carboxylic acids is 3. The molecular formula is C25H28N2O6. The highest BCUT2D eigenvalue weighted by Crippen LogP contribution is 2.33. The Morgan fingerprint density at radius 1 is 1.21 bits per heavy atom. The largest absolute Gasteiger partial charge is 0.485 e. The molecule has 1 unspecified atom stereocenters. The quantitative estimate of drug-likeness (QED) is 0.588. The highest BCUT2D eigenvalue weighted by atomic mass is 16.5. The molecule has 2 aromatic rings. The predicted molar refractivity (Wildman–Crippen MR) is 122 cm³/mol. The van der Waals surface area contributed by atoms with Crippen LogP contribution in [0.2, 0.25) is 0 Å². The van der Waals surface area contributed by atoms with Crippen molar-refractivity contribution in [2.75, 3.05) is 37.8 Å². The normalized spacial score (nSPS) is 17.3. The standard InChI is InChI=1S/C25H28N2O6/c1-2-17-5-3-6-19(11-17)32-15-22(28)18-8-9-23-21(12-18)27(25(30)16-33-23)14-24(29)26-13-20-7-4-10-31-20/h3,5-6,8-9,11-12,20H,2,4,7,10,13-16H2,1H3,(H,26,29). The molecule has 0 saturated carbocycles. The second-order valence-electron chi connectivity index (χ2n) is 8.10. The van der Waals surface area contributed by atoms with Gasteiger partial charge >= 0.3 is 0 Å². The summed E-state index contributed by atoms with van der Waals surface area (Å²) in [7, 11) is 0. The smallest absolute Gasteiger partial charge is 0.265 e. The van der Waals surface area contributed by atoms with E-state index in [1.807, 2.05) is 24.3 Å². The number of carbonyl (C=O) groups is 3. The SMILES string of the molecule is CCc1cccc(OCC(=O)c2ccc3c(c2)N(CC(=O)NCC2CCCO2)C(=O)CO3)c1.